The molecule has 8 heteroatoms. The van der Waals surface area contributed by atoms with E-state index < -0.39 is 10.0 Å². The first-order valence-corrected chi connectivity index (χ1v) is 11.4. The molecular weight excluding hydrogens is 404 g/mol. The zero-order valence-corrected chi connectivity index (χ0v) is 18.5. The maximum Gasteiger partial charge on any atom is 0.251 e. The fourth-order valence-electron chi connectivity index (χ4n) is 3.22. The third-order valence-electron chi connectivity index (χ3n) is 4.98. The predicted molar refractivity (Wildman–Crippen MR) is 114 cm³/mol. The SMILES string of the molecule is CC(C)[C@@H](NC(=O)c1ccc(S(=O)(=O)N(C)C)cc1)c1ccc2c(c1)OCCCO2. The molecule has 0 aromatic heterocycles. The Morgan fingerprint density at radius 1 is 1.00 bits per heavy atom. The standard InChI is InChI=1S/C22H28N2O5S/c1-15(2)21(17-8-11-19-20(14-17)29-13-5-12-28-19)23-22(25)16-6-9-18(10-7-16)30(26,27)24(3)4/h6-11,14-15,21H,5,12-13H2,1-4H3,(H,23,25)/t21-/m1/s1. The van der Waals surface area contributed by atoms with Gasteiger partial charge in [0.1, 0.15) is 0 Å². The molecule has 0 aliphatic carbocycles. The van der Waals surface area contributed by atoms with E-state index in [0.29, 0.717) is 30.3 Å². The second kappa shape index (κ2) is 9.06. The van der Waals surface area contributed by atoms with E-state index in [2.05, 4.69) is 5.32 Å². The molecule has 1 aliphatic heterocycles. The monoisotopic (exact) mass is 432 g/mol. The minimum absolute atomic E-state index is 0.132. The molecule has 162 valence electrons. The number of ether oxygens (including phenoxy) is 2. The molecule has 0 bridgehead atoms. The van der Waals surface area contributed by atoms with Crippen molar-refractivity contribution in [3.05, 3.63) is 53.6 Å². The molecule has 2 aromatic carbocycles. The highest BCUT2D eigenvalue weighted by atomic mass is 32.2. The van der Waals surface area contributed by atoms with E-state index in [9.17, 15) is 13.2 Å². The molecular formula is C22H28N2O5S. The Balaban J connectivity index is 1.80. The van der Waals surface area contributed by atoms with Crippen LogP contribution in [0.2, 0.25) is 0 Å². The number of hydrogen-bond acceptors (Lipinski definition) is 5. The maximum atomic E-state index is 12.8. The fraction of sp³-hybridized carbons (Fsp3) is 0.409. The van der Waals surface area contributed by atoms with Crippen molar-refractivity contribution in [2.45, 2.75) is 31.2 Å². The van der Waals surface area contributed by atoms with E-state index in [1.807, 2.05) is 32.0 Å². The molecule has 2 aromatic rings. The minimum atomic E-state index is -3.53. The molecule has 0 radical (unpaired) electrons. The molecule has 1 atom stereocenters. The summed E-state index contributed by atoms with van der Waals surface area (Å²) >= 11 is 0. The van der Waals surface area contributed by atoms with Gasteiger partial charge in [-0.2, -0.15) is 0 Å². The van der Waals surface area contributed by atoms with Gasteiger partial charge in [0, 0.05) is 26.1 Å². The lowest BCUT2D eigenvalue weighted by molar-refractivity contribution is 0.0925. The summed E-state index contributed by atoms with van der Waals surface area (Å²) in [4.78, 5) is 13.0. The van der Waals surface area contributed by atoms with Crippen LogP contribution < -0.4 is 14.8 Å². The van der Waals surface area contributed by atoms with Crippen molar-refractivity contribution in [1.29, 1.82) is 0 Å². The summed E-state index contributed by atoms with van der Waals surface area (Å²) in [5.41, 5.74) is 1.32. The molecule has 30 heavy (non-hydrogen) atoms. The maximum absolute atomic E-state index is 12.8. The molecule has 1 aliphatic rings. The predicted octanol–water partition coefficient (Wildman–Crippen LogP) is 3.23. The quantitative estimate of drug-likeness (QED) is 0.758. The van der Waals surface area contributed by atoms with E-state index in [1.54, 1.807) is 0 Å². The van der Waals surface area contributed by atoms with Crippen LogP contribution in [0.25, 0.3) is 0 Å². The fourth-order valence-corrected chi connectivity index (χ4v) is 4.12. The second-order valence-corrected chi connectivity index (χ2v) is 9.92. The topological polar surface area (TPSA) is 84.9 Å². The normalized spacial score (nSPS) is 15.0. The van der Waals surface area contributed by atoms with Gasteiger partial charge in [-0.25, -0.2) is 12.7 Å². The number of nitrogens with one attached hydrogen (secondary N) is 1. The summed E-state index contributed by atoms with van der Waals surface area (Å²) in [7, 11) is -0.593. The van der Waals surface area contributed by atoms with Crippen molar-refractivity contribution < 1.29 is 22.7 Å². The molecule has 1 N–H and O–H groups in total. The number of amides is 1. The van der Waals surface area contributed by atoms with Gasteiger partial charge in [0.2, 0.25) is 10.0 Å². The van der Waals surface area contributed by atoms with E-state index in [1.165, 1.54) is 38.4 Å². The number of sulfonamides is 1. The average Bonchev–Trinajstić information content (AvgIpc) is 2.96. The summed E-state index contributed by atoms with van der Waals surface area (Å²) in [6.07, 6.45) is 0.827. The van der Waals surface area contributed by atoms with Gasteiger partial charge in [-0.3, -0.25) is 4.79 Å². The lowest BCUT2D eigenvalue weighted by Crippen LogP contribution is -2.31. The van der Waals surface area contributed by atoms with Crippen LogP contribution in [0, 0.1) is 5.92 Å². The van der Waals surface area contributed by atoms with E-state index in [0.717, 1.165) is 16.3 Å². The van der Waals surface area contributed by atoms with Crippen LogP contribution >= 0.6 is 0 Å². The number of nitrogens with zero attached hydrogens (tertiary/aromatic N) is 1. The Hall–Kier alpha value is -2.58. The van der Waals surface area contributed by atoms with Gasteiger partial charge in [-0.15, -0.1) is 0 Å². The molecule has 3 rings (SSSR count). The van der Waals surface area contributed by atoms with Crippen LogP contribution in [-0.2, 0) is 10.0 Å². The summed E-state index contributed by atoms with van der Waals surface area (Å²) in [6.45, 7) is 5.27. The Kier molecular flexibility index (Phi) is 6.67. The van der Waals surface area contributed by atoms with Crippen molar-refractivity contribution in [2.75, 3.05) is 27.3 Å². The van der Waals surface area contributed by atoms with E-state index >= 15 is 0 Å². The van der Waals surface area contributed by atoms with Crippen molar-refractivity contribution in [1.82, 2.24) is 9.62 Å². The number of carbonyl (C=O) groups excluding carboxylic acids is 1. The van der Waals surface area contributed by atoms with Crippen LogP contribution in [0.1, 0.15) is 42.2 Å². The molecule has 1 heterocycles. The van der Waals surface area contributed by atoms with Gasteiger partial charge in [0.05, 0.1) is 24.2 Å². The third-order valence-corrected chi connectivity index (χ3v) is 6.81. The molecule has 7 nitrogen and oxygen atoms in total. The van der Waals surface area contributed by atoms with Crippen molar-refractivity contribution in [2.24, 2.45) is 5.92 Å². The third kappa shape index (κ3) is 4.76. The zero-order valence-electron chi connectivity index (χ0n) is 17.7. The molecule has 0 fully saturated rings. The van der Waals surface area contributed by atoms with Crippen LogP contribution in [0.5, 0.6) is 11.5 Å². The largest absolute Gasteiger partial charge is 0.490 e. The lowest BCUT2D eigenvalue weighted by atomic mass is 9.95. The van der Waals surface area contributed by atoms with Gasteiger partial charge in [-0.1, -0.05) is 19.9 Å². The molecule has 0 saturated carbocycles. The Bertz CT molecular complexity index is 1000. The molecule has 0 saturated heterocycles. The first kappa shape index (κ1) is 22.1. The number of benzene rings is 2. The summed E-state index contributed by atoms with van der Waals surface area (Å²) < 4.78 is 37.0. The Labute approximate surface area is 178 Å². The molecule has 1 amide bonds. The summed E-state index contributed by atoms with van der Waals surface area (Å²) in [5, 5.41) is 3.06. The lowest BCUT2D eigenvalue weighted by Gasteiger charge is -2.24. The number of fused-ring (bicyclic) bond motifs is 1. The second-order valence-electron chi connectivity index (χ2n) is 7.76. The highest BCUT2D eigenvalue weighted by Gasteiger charge is 2.23. The van der Waals surface area contributed by atoms with Gasteiger partial charge in [0.15, 0.2) is 11.5 Å². The summed E-state index contributed by atoms with van der Waals surface area (Å²) in [6, 6.07) is 11.4. The Morgan fingerprint density at radius 2 is 1.63 bits per heavy atom. The van der Waals surface area contributed by atoms with Gasteiger partial charge < -0.3 is 14.8 Å². The molecule has 0 spiro atoms. The smallest absolute Gasteiger partial charge is 0.251 e. The molecule has 0 unspecified atom stereocenters. The highest BCUT2D eigenvalue weighted by Crippen LogP contribution is 2.34. The first-order valence-electron chi connectivity index (χ1n) is 9.93. The van der Waals surface area contributed by atoms with Gasteiger partial charge in [0.25, 0.3) is 5.91 Å². The average molecular weight is 433 g/mol. The van der Waals surface area contributed by atoms with Gasteiger partial charge >= 0.3 is 0 Å². The van der Waals surface area contributed by atoms with Crippen molar-refractivity contribution in [3.8, 4) is 11.5 Å². The highest BCUT2D eigenvalue weighted by molar-refractivity contribution is 7.89. The summed E-state index contributed by atoms with van der Waals surface area (Å²) in [5.74, 6) is 1.26. The van der Waals surface area contributed by atoms with Crippen LogP contribution in [0.3, 0.4) is 0 Å². The van der Waals surface area contributed by atoms with E-state index in [-0.39, 0.29) is 22.8 Å². The first-order chi connectivity index (χ1) is 14.2. The zero-order chi connectivity index (χ0) is 21.9. The van der Waals surface area contributed by atoms with E-state index in [4.69, 9.17) is 9.47 Å². The van der Waals surface area contributed by atoms with Crippen molar-refractivity contribution >= 4 is 15.9 Å². The van der Waals surface area contributed by atoms with Crippen molar-refractivity contribution in [3.63, 3.8) is 0 Å². The van der Waals surface area contributed by atoms with Gasteiger partial charge in [-0.05, 0) is 47.9 Å². The number of hydrogen-bond donors (Lipinski definition) is 1. The number of carbonyl (C=O) groups is 1. The van der Waals surface area contributed by atoms with Crippen LogP contribution in [-0.4, -0.2) is 45.9 Å². The van der Waals surface area contributed by atoms with Crippen LogP contribution in [0.4, 0.5) is 0 Å². The van der Waals surface area contributed by atoms with Crippen LogP contribution in [0.15, 0.2) is 47.4 Å². The number of rotatable bonds is 6. The Morgan fingerprint density at radius 3 is 2.23 bits per heavy atom. The minimum Gasteiger partial charge on any atom is -0.490 e.